The van der Waals surface area contributed by atoms with E-state index in [0.717, 1.165) is 18.4 Å². The number of sulfonamides is 1. The van der Waals surface area contributed by atoms with Crippen molar-refractivity contribution in [3.05, 3.63) is 68.7 Å². The van der Waals surface area contributed by atoms with Crippen molar-refractivity contribution in [2.75, 3.05) is 0 Å². The van der Waals surface area contributed by atoms with Crippen LogP contribution in [0.3, 0.4) is 0 Å². The molecule has 0 bridgehead atoms. The van der Waals surface area contributed by atoms with Gasteiger partial charge in [-0.15, -0.1) is 0 Å². The van der Waals surface area contributed by atoms with Crippen molar-refractivity contribution in [1.29, 1.82) is 0 Å². The van der Waals surface area contributed by atoms with E-state index in [1.807, 2.05) is 6.92 Å². The molecule has 2 aromatic rings. The smallest absolute Gasteiger partial charge is 0.212 e. The second kappa shape index (κ2) is 8.30. The number of fused-ring (bicyclic) bond motifs is 1. The van der Waals surface area contributed by atoms with Crippen molar-refractivity contribution < 1.29 is 8.42 Å². The molecule has 0 heterocycles. The molecule has 0 radical (unpaired) electrons. The standard InChI is InChI=1S/C20H23Cl2NO2S/c1-2-20(17-9-8-15-5-3-4-6-16(15)12-17)23-26(24,25)13-14-7-10-18(21)19(22)11-14/h7-12,20,23H,2-6,13H2,1H3/t20-/m1/s1. The molecule has 1 N–H and O–H groups in total. The Morgan fingerprint density at radius 3 is 2.42 bits per heavy atom. The Kier molecular flexibility index (Phi) is 6.29. The number of hydrogen-bond donors (Lipinski definition) is 1. The predicted octanol–water partition coefficient (Wildman–Crippen LogP) is 5.44. The van der Waals surface area contributed by atoms with E-state index in [2.05, 4.69) is 22.9 Å². The topological polar surface area (TPSA) is 46.2 Å². The Morgan fingerprint density at radius 1 is 1.00 bits per heavy atom. The van der Waals surface area contributed by atoms with Gasteiger partial charge in [0.25, 0.3) is 0 Å². The van der Waals surface area contributed by atoms with Gasteiger partial charge in [-0.3, -0.25) is 0 Å². The van der Waals surface area contributed by atoms with Gasteiger partial charge in [0.05, 0.1) is 15.8 Å². The fraction of sp³-hybridized carbons (Fsp3) is 0.400. The van der Waals surface area contributed by atoms with Gasteiger partial charge in [-0.05, 0) is 66.5 Å². The Bertz CT molecular complexity index is 897. The van der Waals surface area contributed by atoms with Gasteiger partial charge in [0.1, 0.15) is 0 Å². The normalized spacial score (nSPS) is 15.5. The van der Waals surface area contributed by atoms with Crippen LogP contribution in [0.1, 0.15) is 54.5 Å². The number of hydrogen-bond acceptors (Lipinski definition) is 2. The van der Waals surface area contributed by atoms with Gasteiger partial charge < -0.3 is 0 Å². The van der Waals surface area contributed by atoms with E-state index in [0.29, 0.717) is 22.0 Å². The first kappa shape index (κ1) is 19.7. The average Bonchev–Trinajstić information content (AvgIpc) is 2.62. The third-order valence-electron chi connectivity index (χ3n) is 4.85. The maximum Gasteiger partial charge on any atom is 0.216 e. The molecule has 1 aliphatic carbocycles. The monoisotopic (exact) mass is 411 g/mol. The lowest BCUT2D eigenvalue weighted by atomic mass is 9.89. The van der Waals surface area contributed by atoms with Crippen molar-refractivity contribution in [3.8, 4) is 0 Å². The van der Waals surface area contributed by atoms with Crippen molar-refractivity contribution >= 4 is 33.2 Å². The lowest BCUT2D eigenvalue weighted by Crippen LogP contribution is -2.29. The van der Waals surface area contributed by atoms with E-state index < -0.39 is 10.0 Å². The second-order valence-corrected chi connectivity index (χ2v) is 9.39. The first-order chi connectivity index (χ1) is 12.4. The molecule has 0 unspecified atom stereocenters. The molecule has 3 nitrogen and oxygen atoms in total. The molecular weight excluding hydrogens is 389 g/mol. The lowest BCUT2D eigenvalue weighted by Gasteiger charge is -2.21. The van der Waals surface area contributed by atoms with E-state index in [-0.39, 0.29) is 11.8 Å². The molecule has 0 saturated heterocycles. The molecule has 0 amide bonds. The number of rotatable bonds is 6. The highest BCUT2D eigenvalue weighted by Crippen LogP contribution is 2.27. The van der Waals surface area contributed by atoms with Gasteiger partial charge in [-0.25, -0.2) is 13.1 Å². The highest BCUT2D eigenvalue weighted by atomic mass is 35.5. The molecule has 0 aromatic heterocycles. The zero-order chi connectivity index (χ0) is 18.7. The Hall–Kier alpha value is -1.07. The molecule has 0 spiro atoms. The van der Waals surface area contributed by atoms with Crippen LogP contribution in [0.2, 0.25) is 10.0 Å². The van der Waals surface area contributed by atoms with E-state index in [9.17, 15) is 8.42 Å². The van der Waals surface area contributed by atoms with Crippen LogP contribution >= 0.6 is 23.2 Å². The third-order valence-corrected chi connectivity index (χ3v) is 6.94. The maximum atomic E-state index is 12.6. The SMILES string of the molecule is CC[C@@H](NS(=O)(=O)Cc1ccc(Cl)c(Cl)c1)c1ccc2c(c1)CCCC2. The molecule has 3 rings (SSSR count). The Morgan fingerprint density at radius 2 is 1.73 bits per heavy atom. The summed E-state index contributed by atoms with van der Waals surface area (Å²) in [7, 11) is -3.50. The van der Waals surface area contributed by atoms with Gasteiger partial charge in [0.2, 0.25) is 10.0 Å². The molecule has 0 saturated carbocycles. The van der Waals surface area contributed by atoms with Crippen LogP contribution in [-0.2, 0) is 28.6 Å². The number of halogens is 2. The summed E-state index contributed by atoms with van der Waals surface area (Å²) in [5, 5.41) is 0.780. The number of benzene rings is 2. The largest absolute Gasteiger partial charge is 0.216 e. The molecule has 6 heteroatoms. The highest BCUT2D eigenvalue weighted by Gasteiger charge is 2.20. The molecule has 140 valence electrons. The Labute approximate surface area is 165 Å². The van der Waals surface area contributed by atoms with Crippen LogP contribution in [0, 0.1) is 0 Å². The van der Waals surface area contributed by atoms with E-state index in [1.165, 1.54) is 24.0 Å². The molecule has 1 atom stereocenters. The quantitative estimate of drug-likeness (QED) is 0.687. The first-order valence-corrected chi connectivity index (χ1v) is 11.3. The van der Waals surface area contributed by atoms with Crippen LogP contribution in [0.4, 0.5) is 0 Å². The predicted molar refractivity (Wildman–Crippen MR) is 108 cm³/mol. The van der Waals surface area contributed by atoms with Crippen LogP contribution in [0.25, 0.3) is 0 Å². The summed E-state index contributed by atoms with van der Waals surface area (Å²) in [6.45, 7) is 1.99. The minimum absolute atomic E-state index is 0.120. The lowest BCUT2D eigenvalue weighted by molar-refractivity contribution is 0.548. The molecular formula is C20H23Cl2NO2S. The molecule has 0 fully saturated rings. The molecule has 26 heavy (non-hydrogen) atoms. The second-order valence-electron chi connectivity index (χ2n) is 6.82. The first-order valence-electron chi connectivity index (χ1n) is 8.93. The van der Waals surface area contributed by atoms with E-state index in [4.69, 9.17) is 23.2 Å². The van der Waals surface area contributed by atoms with Crippen molar-refractivity contribution in [2.45, 2.75) is 50.8 Å². The van der Waals surface area contributed by atoms with Gasteiger partial charge in [0.15, 0.2) is 0 Å². The molecule has 1 aliphatic rings. The van der Waals surface area contributed by atoms with Crippen molar-refractivity contribution in [3.63, 3.8) is 0 Å². The van der Waals surface area contributed by atoms with Crippen LogP contribution < -0.4 is 4.72 Å². The van der Waals surface area contributed by atoms with Crippen LogP contribution in [-0.4, -0.2) is 8.42 Å². The summed E-state index contributed by atoms with van der Waals surface area (Å²) >= 11 is 11.9. The summed E-state index contributed by atoms with van der Waals surface area (Å²) in [5.74, 6) is -0.120. The maximum absolute atomic E-state index is 12.6. The van der Waals surface area contributed by atoms with Crippen molar-refractivity contribution in [2.24, 2.45) is 0 Å². The van der Waals surface area contributed by atoms with Crippen LogP contribution in [0.5, 0.6) is 0 Å². The fourth-order valence-electron chi connectivity index (χ4n) is 3.46. The molecule has 2 aromatic carbocycles. The summed E-state index contributed by atoms with van der Waals surface area (Å²) in [5.41, 5.74) is 4.41. The summed E-state index contributed by atoms with van der Waals surface area (Å²) in [6, 6.07) is 11.1. The van der Waals surface area contributed by atoms with Gasteiger partial charge in [-0.2, -0.15) is 0 Å². The minimum Gasteiger partial charge on any atom is -0.212 e. The molecule has 0 aliphatic heterocycles. The third kappa shape index (κ3) is 4.80. The van der Waals surface area contributed by atoms with Gasteiger partial charge in [0, 0.05) is 6.04 Å². The van der Waals surface area contributed by atoms with Crippen LogP contribution in [0.15, 0.2) is 36.4 Å². The Balaban J connectivity index is 1.77. The summed E-state index contributed by atoms with van der Waals surface area (Å²) in [4.78, 5) is 0. The average molecular weight is 412 g/mol. The minimum atomic E-state index is -3.50. The zero-order valence-corrected chi connectivity index (χ0v) is 17.1. The number of aryl methyl sites for hydroxylation is 2. The number of nitrogens with one attached hydrogen (secondary N) is 1. The van der Waals surface area contributed by atoms with Crippen molar-refractivity contribution in [1.82, 2.24) is 4.72 Å². The summed E-state index contributed by atoms with van der Waals surface area (Å²) in [6.07, 6.45) is 5.33. The fourth-order valence-corrected chi connectivity index (χ4v) is 5.22. The highest BCUT2D eigenvalue weighted by molar-refractivity contribution is 7.88. The summed E-state index contributed by atoms with van der Waals surface area (Å²) < 4.78 is 28.1. The zero-order valence-electron chi connectivity index (χ0n) is 14.8. The van der Waals surface area contributed by atoms with Gasteiger partial charge >= 0.3 is 0 Å². The van der Waals surface area contributed by atoms with Gasteiger partial charge in [-0.1, -0.05) is 54.4 Å². The van der Waals surface area contributed by atoms with E-state index >= 15 is 0 Å². The van der Waals surface area contributed by atoms with E-state index in [1.54, 1.807) is 18.2 Å².